The van der Waals surface area contributed by atoms with Gasteiger partial charge in [-0.1, -0.05) is 48.0 Å². The smallest absolute Gasteiger partial charge is 0.407 e. The molecule has 11 heteroatoms. The largest absolute Gasteiger partial charge is 0.456 e. The zero-order valence-electron chi connectivity index (χ0n) is 24.7. The monoisotopic (exact) mass is 605 g/mol. The average Bonchev–Trinajstić information content (AvgIpc) is 3.34. The number of fused-ring (bicyclic) bond motifs is 1. The van der Waals surface area contributed by atoms with Gasteiger partial charge in [0, 0.05) is 24.3 Å². The molecule has 0 fully saturated rings. The predicted molar refractivity (Wildman–Crippen MR) is 165 cm³/mol. The summed E-state index contributed by atoms with van der Waals surface area (Å²) in [6.07, 6.45) is 3.32. The summed E-state index contributed by atoms with van der Waals surface area (Å²) >= 11 is 6.48. The number of rotatable bonds is 11. The second-order valence-corrected chi connectivity index (χ2v) is 11.5. The first kappa shape index (κ1) is 31.5. The van der Waals surface area contributed by atoms with E-state index >= 15 is 0 Å². The number of carbonyl (C=O) groups excluding carboxylic acids is 3. The highest BCUT2D eigenvalue weighted by Crippen LogP contribution is 2.31. The first-order chi connectivity index (χ1) is 20.5. The number of unbranched alkanes of at least 4 members (excludes halogenated alkanes) is 1. The van der Waals surface area contributed by atoms with Crippen LogP contribution in [0.1, 0.15) is 79.3 Å². The van der Waals surface area contributed by atoms with Gasteiger partial charge >= 0.3 is 12.1 Å². The molecule has 0 unspecified atom stereocenters. The Balaban J connectivity index is 1.39. The van der Waals surface area contributed by atoms with Gasteiger partial charge in [0.05, 0.1) is 11.1 Å². The molecule has 2 amide bonds. The maximum Gasteiger partial charge on any atom is 0.407 e. The van der Waals surface area contributed by atoms with Crippen molar-refractivity contribution in [3.63, 3.8) is 0 Å². The lowest BCUT2D eigenvalue weighted by molar-refractivity contribution is 0.00694. The van der Waals surface area contributed by atoms with Gasteiger partial charge in [-0.15, -0.1) is 0 Å². The highest BCUT2D eigenvalue weighted by atomic mass is 35.5. The third-order valence-electron chi connectivity index (χ3n) is 6.51. The van der Waals surface area contributed by atoms with Crippen molar-refractivity contribution in [1.29, 1.82) is 0 Å². The number of ether oxygens (including phenoxy) is 2. The van der Waals surface area contributed by atoms with Crippen molar-refractivity contribution >= 4 is 46.6 Å². The first-order valence-corrected chi connectivity index (χ1v) is 14.5. The Labute approximate surface area is 255 Å². The number of hydrogen-bond acceptors (Lipinski definition) is 7. The van der Waals surface area contributed by atoms with Crippen molar-refractivity contribution in [3.05, 3.63) is 88.7 Å². The van der Waals surface area contributed by atoms with Gasteiger partial charge in [-0.05, 0) is 76.8 Å². The standard InChI is InChI=1S/C32H36ClN5O5/c1-21(11-8-9-17-35-31(41)42-20-22-12-6-5-7-13-22)38-26-25(16-18-34-27(26)33)36-30(38)37-28(39)23-14-10-15-24(19-23)29(40)43-32(2,3)4/h5-7,10,12-16,18-19,21H,8-9,11,17,20H2,1-4H3,(H,35,41)(H,36,37,39)/t21-/m0/s1. The Morgan fingerprint density at radius 2 is 1.74 bits per heavy atom. The molecule has 226 valence electrons. The van der Waals surface area contributed by atoms with E-state index in [2.05, 4.69) is 20.6 Å². The van der Waals surface area contributed by atoms with Crippen LogP contribution < -0.4 is 10.6 Å². The fourth-order valence-corrected chi connectivity index (χ4v) is 4.72. The molecule has 1 atom stereocenters. The second kappa shape index (κ2) is 14.2. The minimum absolute atomic E-state index is 0.111. The van der Waals surface area contributed by atoms with E-state index in [9.17, 15) is 14.4 Å². The summed E-state index contributed by atoms with van der Waals surface area (Å²) in [7, 11) is 0. The number of aromatic nitrogens is 3. The van der Waals surface area contributed by atoms with Crippen molar-refractivity contribution in [2.75, 3.05) is 11.9 Å². The summed E-state index contributed by atoms with van der Waals surface area (Å²) in [6, 6.07) is 17.5. The van der Waals surface area contributed by atoms with Crippen LogP contribution in [0.4, 0.5) is 10.7 Å². The fraction of sp³-hybridized carbons (Fsp3) is 0.344. The molecule has 2 N–H and O–H groups in total. The molecule has 2 aromatic heterocycles. The number of pyridine rings is 1. The minimum atomic E-state index is -0.661. The number of hydrogen-bond donors (Lipinski definition) is 2. The number of nitrogens with one attached hydrogen (secondary N) is 2. The van der Waals surface area contributed by atoms with E-state index in [0.717, 1.165) is 18.4 Å². The zero-order valence-corrected chi connectivity index (χ0v) is 25.5. The summed E-state index contributed by atoms with van der Waals surface area (Å²) in [6.45, 7) is 8.03. The zero-order chi connectivity index (χ0) is 31.0. The van der Waals surface area contributed by atoms with E-state index in [4.69, 9.17) is 21.1 Å². The number of amides is 2. The van der Waals surface area contributed by atoms with E-state index in [0.29, 0.717) is 29.9 Å². The maximum absolute atomic E-state index is 13.3. The van der Waals surface area contributed by atoms with Gasteiger partial charge in [0.2, 0.25) is 5.95 Å². The lowest BCUT2D eigenvalue weighted by Crippen LogP contribution is -2.25. The average molecular weight is 606 g/mol. The number of carbonyl (C=O) groups is 3. The van der Waals surface area contributed by atoms with Crippen LogP contribution in [-0.4, -0.2) is 44.7 Å². The Bertz CT molecular complexity index is 1580. The van der Waals surface area contributed by atoms with Crippen LogP contribution >= 0.6 is 11.6 Å². The predicted octanol–water partition coefficient (Wildman–Crippen LogP) is 6.95. The molecule has 0 spiro atoms. The maximum atomic E-state index is 13.3. The van der Waals surface area contributed by atoms with Crippen LogP contribution in [0, 0.1) is 0 Å². The highest BCUT2D eigenvalue weighted by molar-refractivity contribution is 6.33. The quantitative estimate of drug-likeness (QED) is 0.108. The highest BCUT2D eigenvalue weighted by Gasteiger charge is 2.22. The number of alkyl carbamates (subject to hydrolysis) is 1. The molecule has 0 saturated carbocycles. The topological polar surface area (TPSA) is 124 Å². The summed E-state index contributed by atoms with van der Waals surface area (Å²) in [4.78, 5) is 46.7. The molecule has 0 bridgehead atoms. The number of benzene rings is 2. The molecular weight excluding hydrogens is 570 g/mol. The lowest BCUT2D eigenvalue weighted by atomic mass is 10.1. The van der Waals surface area contributed by atoms with Gasteiger partial charge in [-0.3, -0.25) is 10.1 Å². The van der Waals surface area contributed by atoms with Crippen LogP contribution in [0.2, 0.25) is 5.15 Å². The molecule has 0 radical (unpaired) electrons. The van der Waals surface area contributed by atoms with Crippen LogP contribution in [0.5, 0.6) is 0 Å². The van der Waals surface area contributed by atoms with E-state index in [-0.39, 0.29) is 28.9 Å². The van der Waals surface area contributed by atoms with Crippen LogP contribution in [0.25, 0.3) is 11.0 Å². The molecule has 10 nitrogen and oxygen atoms in total. The van der Waals surface area contributed by atoms with Gasteiger partial charge in [-0.2, -0.15) is 0 Å². The second-order valence-electron chi connectivity index (χ2n) is 11.1. The van der Waals surface area contributed by atoms with Crippen molar-refractivity contribution in [2.45, 2.75) is 65.2 Å². The molecule has 0 aliphatic carbocycles. The summed E-state index contributed by atoms with van der Waals surface area (Å²) in [5, 5.41) is 5.93. The molecular formula is C32H36ClN5O5. The third-order valence-corrected chi connectivity index (χ3v) is 6.79. The molecule has 0 aliphatic heterocycles. The van der Waals surface area contributed by atoms with Crippen molar-refractivity contribution < 1.29 is 23.9 Å². The molecule has 2 aromatic carbocycles. The number of imidazole rings is 1. The van der Waals surface area contributed by atoms with Gasteiger partial charge in [0.15, 0.2) is 5.15 Å². The number of esters is 1. The Morgan fingerprint density at radius 1 is 1.00 bits per heavy atom. The van der Waals surface area contributed by atoms with E-state index in [1.165, 1.54) is 6.07 Å². The number of nitrogens with zero attached hydrogens (tertiary/aromatic N) is 3. The first-order valence-electron chi connectivity index (χ1n) is 14.1. The molecule has 43 heavy (non-hydrogen) atoms. The van der Waals surface area contributed by atoms with Crippen molar-refractivity contribution in [2.24, 2.45) is 0 Å². The van der Waals surface area contributed by atoms with Crippen molar-refractivity contribution in [3.8, 4) is 0 Å². The van der Waals surface area contributed by atoms with Gasteiger partial charge in [0.1, 0.15) is 17.7 Å². The van der Waals surface area contributed by atoms with E-state index in [1.807, 2.05) is 41.8 Å². The Kier molecular flexibility index (Phi) is 10.4. The third kappa shape index (κ3) is 8.78. The van der Waals surface area contributed by atoms with Gasteiger partial charge in [-0.25, -0.2) is 19.6 Å². The van der Waals surface area contributed by atoms with Crippen molar-refractivity contribution in [1.82, 2.24) is 19.9 Å². The molecule has 0 saturated heterocycles. The lowest BCUT2D eigenvalue weighted by Gasteiger charge is -2.20. The molecule has 2 heterocycles. The number of halogens is 1. The molecule has 4 rings (SSSR count). The fourth-order valence-electron chi connectivity index (χ4n) is 4.48. The van der Waals surface area contributed by atoms with Crippen LogP contribution in [-0.2, 0) is 16.1 Å². The van der Waals surface area contributed by atoms with Crippen LogP contribution in [0.15, 0.2) is 66.9 Å². The summed E-state index contributed by atoms with van der Waals surface area (Å²) in [5.41, 5.74) is 2.01. The Hall–Kier alpha value is -4.44. The Morgan fingerprint density at radius 3 is 2.49 bits per heavy atom. The minimum Gasteiger partial charge on any atom is -0.456 e. The van der Waals surface area contributed by atoms with E-state index < -0.39 is 23.6 Å². The number of anilines is 1. The summed E-state index contributed by atoms with van der Waals surface area (Å²) in [5.74, 6) is -0.635. The van der Waals surface area contributed by atoms with Crippen LogP contribution in [0.3, 0.4) is 0 Å². The molecule has 4 aromatic rings. The SMILES string of the molecule is C[C@@H](CCCCNC(=O)OCc1ccccc1)n1c(NC(=O)c2cccc(C(=O)OC(C)(C)C)c2)nc2ccnc(Cl)c21. The summed E-state index contributed by atoms with van der Waals surface area (Å²) < 4.78 is 12.6. The van der Waals surface area contributed by atoms with Gasteiger partial charge in [0.25, 0.3) is 5.91 Å². The van der Waals surface area contributed by atoms with E-state index in [1.54, 1.807) is 51.2 Å². The van der Waals surface area contributed by atoms with Gasteiger partial charge < -0.3 is 19.4 Å². The molecule has 0 aliphatic rings. The normalized spacial score (nSPS) is 12.0.